The number of ether oxygens (including phenoxy) is 2. The summed E-state index contributed by atoms with van der Waals surface area (Å²) in [5, 5.41) is 9.05. The molecule has 2 heterocycles. The van der Waals surface area contributed by atoms with Gasteiger partial charge in [0.15, 0.2) is 16.7 Å². The van der Waals surface area contributed by atoms with Gasteiger partial charge in [-0.05, 0) is 71.4 Å². The van der Waals surface area contributed by atoms with Gasteiger partial charge in [0.2, 0.25) is 0 Å². The molecule has 1 aliphatic heterocycles. The summed E-state index contributed by atoms with van der Waals surface area (Å²) in [6.45, 7) is 0.264. The number of methoxy groups -OCH3 is 2. The number of nitrogens with zero attached hydrogens (tertiary/aromatic N) is 4. The first-order valence-electron chi connectivity index (χ1n) is 10.8. The van der Waals surface area contributed by atoms with E-state index >= 15 is 0 Å². The van der Waals surface area contributed by atoms with E-state index in [1.54, 1.807) is 49.8 Å². The number of carbonyl (C=O) groups excluding carboxylic acids is 1. The minimum Gasteiger partial charge on any atom is -0.493 e. The smallest absolute Gasteiger partial charge is 0.267 e. The van der Waals surface area contributed by atoms with Crippen LogP contribution in [0.25, 0.3) is 6.08 Å². The second-order valence-electron chi connectivity index (χ2n) is 7.81. The fourth-order valence-electron chi connectivity index (χ4n) is 3.38. The van der Waals surface area contributed by atoms with Crippen molar-refractivity contribution in [3.05, 3.63) is 82.7 Å². The lowest BCUT2D eigenvalue weighted by Gasteiger charge is -2.12. The SMILES string of the molecule is COc1ccc(/C=N\N=C2\S/C(=C\c3ccc(N(C)C)cc3)C(=O)N2Cc2ccco2)cc1OC. The van der Waals surface area contributed by atoms with E-state index in [-0.39, 0.29) is 12.5 Å². The number of rotatable bonds is 8. The van der Waals surface area contributed by atoms with Crippen LogP contribution < -0.4 is 14.4 Å². The summed E-state index contributed by atoms with van der Waals surface area (Å²) < 4.78 is 16.1. The number of hydrogen-bond acceptors (Lipinski definition) is 8. The first kappa shape index (κ1) is 24.2. The maximum Gasteiger partial charge on any atom is 0.267 e. The molecule has 0 saturated carbocycles. The molecular formula is C26H26N4O4S. The van der Waals surface area contributed by atoms with E-state index in [0.717, 1.165) is 16.8 Å². The predicted octanol–water partition coefficient (Wildman–Crippen LogP) is 4.87. The van der Waals surface area contributed by atoms with Gasteiger partial charge in [-0.1, -0.05) is 12.1 Å². The molecule has 0 atom stereocenters. The predicted molar refractivity (Wildman–Crippen MR) is 140 cm³/mol. The zero-order valence-electron chi connectivity index (χ0n) is 20.0. The molecule has 1 aromatic heterocycles. The highest BCUT2D eigenvalue weighted by Gasteiger charge is 2.34. The summed E-state index contributed by atoms with van der Waals surface area (Å²) in [5.41, 5.74) is 2.80. The lowest BCUT2D eigenvalue weighted by molar-refractivity contribution is -0.122. The van der Waals surface area contributed by atoms with Gasteiger partial charge < -0.3 is 18.8 Å². The van der Waals surface area contributed by atoms with Crippen LogP contribution in [0.4, 0.5) is 5.69 Å². The largest absolute Gasteiger partial charge is 0.493 e. The van der Waals surface area contributed by atoms with Crippen molar-refractivity contribution in [2.75, 3.05) is 33.2 Å². The third-order valence-corrected chi connectivity index (χ3v) is 6.24. The molecule has 9 heteroatoms. The van der Waals surface area contributed by atoms with Gasteiger partial charge in [-0.15, -0.1) is 5.10 Å². The molecule has 1 amide bonds. The molecule has 4 rings (SSSR count). The Morgan fingerprint density at radius 2 is 1.77 bits per heavy atom. The van der Waals surface area contributed by atoms with Crippen molar-refractivity contribution in [3.63, 3.8) is 0 Å². The van der Waals surface area contributed by atoms with Crippen LogP contribution in [0.2, 0.25) is 0 Å². The van der Waals surface area contributed by atoms with E-state index in [1.165, 1.54) is 11.8 Å². The van der Waals surface area contributed by atoms with Crippen LogP contribution in [0.15, 0.2) is 80.4 Å². The molecule has 3 aromatic rings. The van der Waals surface area contributed by atoms with Crippen molar-refractivity contribution in [2.24, 2.45) is 10.2 Å². The summed E-state index contributed by atoms with van der Waals surface area (Å²) in [4.78, 5) is 17.4. The first-order valence-corrected chi connectivity index (χ1v) is 11.6. The third kappa shape index (κ3) is 5.75. The summed E-state index contributed by atoms with van der Waals surface area (Å²) in [6, 6.07) is 17.1. The van der Waals surface area contributed by atoms with Gasteiger partial charge in [0, 0.05) is 19.8 Å². The molecule has 0 radical (unpaired) electrons. The molecule has 0 bridgehead atoms. The van der Waals surface area contributed by atoms with Crippen molar-refractivity contribution in [2.45, 2.75) is 6.54 Å². The molecule has 1 saturated heterocycles. The molecule has 1 fully saturated rings. The minimum atomic E-state index is -0.150. The number of amidine groups is 1. The topological polar surface area (TPSA) is 79.9 Å². The van der Waals surface area contributed by atoms with Crippen molar-refractivity contribution in [3.8, 4) is 11.5 Å². The fourth-order valence-corrected chi connectivity index (χ4v) is 4.31. The van der Waals surface area contributed by atoms with Gasteiger partial charge in [0.05, 0.1) is 38.1 Å². The van der Waals surface area contributed by atoms with Crippen molar-refractivity contribution in [1.29, 1.82) is 0 Å². The van der Waals surface area contributed by atoms with Crippen molar-refractivity contribution >= 4 is 40.8 Å². The normalized spacial score (nSPS) is 16.0. The number of thioether (sulfide) groups is 1. The van der Waals surface area contributed by atoms with Crippen LogP contribution in [-0.2, 0) is 11.3 Å². The number of furan rings is 1. The zero-order valence-corrected chi connectivity index (χ0v) is 20.8. The number of carbonyl (C=O) groups is 1. The van der Waals surface area contributed by atoms with E-state index in [1.807, 2.05) is 61.5 Å². The van der Waals surface area contributed by atoms with Crippen LogP contribution in [0.1, 0.15) is 16.9 Å². The maximum absolute atomic E-state index is 13.2. The Bertz CT molecular complexity index is 1270. The summed E-state index contributed by atoms with van der Waals surface area (Å²) >= 11 is 1.28. The first-order chi connectivity index (χ1) is 17.0. The van der Waals surface area contributed by atoms with E-state index in [0.29, 0.717) is 27.3 Å². The van der Waals surface area contributed by atoms with Crippen LogP contribution in [0, 0.1) is 0 Å². The van der Waals surface area contributed by atoms with E-state index in [4.69, 9.17) is 13.9 Å². The highest BCUT2D eigenvalue weighted by Crippen LogP contribution is 2.34. The zero-order chi connectivity index (χ0) is 24.8. The fraction of sp³-hybridized carbons (Fsp3) is 0.192. The van der Waals surface area contributed by atoms with E-state index in [9.17, 15) is 4.79 Å². The van der Waals surface area contributed by atoms with Gasteiger partial charge in [0.1, 0.15) is 5.76 Å². The van der Waals surface area contributed by atoms with E-state index < -0.39 is 0 Å². The number of anilines is 1. The Hall–Kier alpha value is -3.98. The van der Waals surface area contributed by atoms with Gasteiger partial charge in [-0.3, -0.25) is 9.69 Å². The minimum absolute atomic E-state index is 0.150. The molecule has 35 heavy (non-hydrogen) atoms. The highest BCUT2D eigenvalue weighted by molar-refractivity contribution is 8.18. The number of amides is 1. The molecule has 0 unspecified atom stereocenters. The Labute approximate surface area is 208 Å². The summed E-state index contributed by atoms with van der Waals surface area (Å²) in [5.74, 6) is 1.74. The average molecular weight is 491 g/mol. The average Bonchev–Trinajstić information content (AvgIpc) is 3.48. The summed E-state index contributed by atoms with van der Waals surface area (Å²) in [6.07, 6.45) is 5.05. The lowest BCUT2D eigenvalue weighted by atomic mass is 10.2. The second kappa shape index (κ2) is 11.0. The summed E-state index contributed by atoms with van der Waals surface area (Å²) in [7, 11) is 7.14. The van der Waals surface area contributed by atoms with Gasteiger partial charge in [0.25, 0.3) is 5.91 Å². The van der Waals surface area contributed by atoms with Crippen molar-refractivity contribution < 1.29 is 18.7 Å². The molecule has 2 aromatic carbocycles. The van der Waals surface area contributed by atoms with Gasteiger partial charge in [-0.25, -0.2) is 0 Å². The molecule has 0 N–H and O–H groups in total. The van der Waals surface area contributed by atoms with Gasteiger partial charge >= 0.3 is 0 Å². The lowest BCUT2D eigenvalue weighted by Crippen LogP contribution is -2.28. The monoisotopic (exact) mass is 490 g/mol. The third-order valence-electron chi connectivity index (χ3n) is 5.25. The Morgan fingerprint density at radius 3 is 2.43 bits per heavy atom. The van der Waals surface area contributed by atoms with Crippen molar-refractivity contribution in [1.82, 2.24) is 4.90 Å². The van der Waals surface area contributed by atoms with Crippen LogP contribution in [-0.4, -0.2) is 50.5 Å². The standard InChI is InChI=1S/C26H26N4O4S/c1-29(2)20-10-7-18(8-11-20)15-24-25(31)30(17-21-6-5-13-34-21)26(35-24)28-27-16-19-9-12-22(32-3)23(14-19)33-4/h5-16H,17H2,1-4H3/b24-15-,27-16-,28-26+. The molecule has 180 valence electrons. The quantitative estimate of drug-likeness (QED) is 0.255. The highest BCUT2D eigenvalue weighted by atomic mass is 32.2. The van der Waals surface area contributed by atoms with Crippen LogP contribution in [0.5, 0.6) is 11.5 Å². The van der Waals surface area contributed by atoms with Crippen LogP contribution >= 0.6 is 11.8 Å². The van der Waals surface area contributed by atoms with E-state index in [2.05, 4.69) is 10.2 Å². The Kier molecular flexibility index (Phi) is 7.57. The molecule has 0 aliphatic carbocycles. The molecule has 8 nitrogen and oxygen atoms in total. The van der Waals surface area contributed by atoms with Gasteiger partial charge in [-0.2, -0.15) is 5.10 Å². The second-order valence-corrected chi connectivity index (χ2v) is 8.82. The number of hydrogen-bond donors (Lipinski definition) is 0. The molecule has 1 aliphatic rings. The Morgan fingerprint density at radius 1 is 1.03 bits per heavy atom. The molecular weight excluding hydrogens is 464 g/mol. The Balaban J connectivity index is 1.60. The maximum atomic E-state index is 13.2. The number of benzene rings is 2. The molecule has 0 spiro atoms. The van der Waals surface area contributed by atoms with Crippen LogP contribution in [0.3, 0.4) is 0 Å².